The Labute approximate surface area is 142 Å². The van der Waals surface area contributed by atoms with E-state index in [0.29, 0.717) is 22.2 Å². The van der Waals surface area contributed by atoms with Gasteiger partial charge >= 0.3 is 0 Å². The van der Waals surface area contributed by atoms with E-state index in [2.05, 4.69) is 25.6 Å². The molecule has 7 nitrogen and oxygen atoms in total. The van der Waals surface area contributed by atoms with Crippen LogP contribution in [0.4, 0.5) is 0 Å². The summed E-state index contributed by atoms with van der Waals surface area (Å²) in [5, 5.41) is 7.41. The number of pyridine rings is 2. The van der Waals surface area contributed by atoms with Crippen molar-refractivity contribution in [2.75, 3.05) is 0 Å². The van der Waals surface area contributed by atoms with Crippen molar-refractivity contribution in [3.63, 3.8) is 0 Å². The number of carbonyl (C=O) groups excluding carboxylic acids is 1. The molecule has 4 aromatic rings. The number of hydrogen-bond acceptors (Lipinski definition) is 5. The van der Waals surface area contributed by atoms with Crippen LogP contribution in [-0.4, -0.2) is 26.1 Å². The summed E-state index contributed by atoms with van der Waals surface area (Å²) in [6.45, 7) is 0. The molecule has 0 spiro atoms. The molecule has 0 atom stereocenters. The molecule has 0 aliphatic rings. The van der Waals surface area contributed by atoms with Crippen molar-refractivity contribution >= 4 is 16.8 Å². The largest absolute Gasteiger partial charge is 0.290 e. The van der Waals surface area contributed by atoms with E-state index < -0.39 is 0 Å². The third kappa shape index (κ3) is 2.73. The van der Waals surface area contributed by atoms with Gasteiger partial charge in [-0.2, -0.15) is 5.10 Å². The number of nitrogens with one attached hydrogen (secondary N) is 2. The quantitative estimate of drug-likeness (QED) is 0.303. The van der Waals surface area contributed by atoms with Crippen molar-refractivity contribution < 1.29 is 4.79 Å². The Kier molecular flexibility index (Phi) is 3.68. The summed E-state index contributed by atoms with van der Waals surface area (Å²) in [5.74, 6) is 4.93. The fourth-order valence-electron chi connectivity index (χ4n) is 2.72. The van der Waals surface area contributed by atoms with Crippen LogP contribution >= 0.6 is 0 Å². The number of nitrogens with two attached hydrogens (primary N) is 1. The van der Waals surface area contributed by atoms with E-state index in [1.165, 1.54) is 0 Å². The van der Waals surface area contributed by atoms with Gasteiger partial charge in [0.05, 0.1) is 23.0 Å². The minimum atomic E-state index is -0.378. The molecular formula is C18H14N6O. The van der Waals surface area contributed by atoms with Crippen molar-refractivity contribution in [3.8, 4) is 22.4 Å². The number of nitrogen functional groups attached to an aromatic ring is 1. The molecule has 0 saturated heterocycles. The Morgan fingerprint density at radius 1 is 1.04 bits per heavy atom. The number of aromatic nitrogens is 4. The molecule has 0 radical (unpaired) electrons. The average Bonchev–Trinajstić information content (AvgIpc) is 3.21. The molecule has 1 amide bonds. The van der Waals surface area contributed by atoms with Crippen LogP contribution in [0, 0.1) is 0 Å². The predicted molar refractivity (Wildman–Crippen MR) is 94.2 cm³/mol. The van der Waals surface area contributed by atoms with Gasteiger partial charge in [-0.1, -0.05) is 24.3 Å². The van der Waals surface area contributed by atoms with Gasteiger partial charge in [-0.05, 0) is 17.7 Å². The fourth-order valence-corrected chi connectivity index (χ4v) is 2.72. The molecule has 3 aromatic heterocycles. The van der Waals surface area contributed by atoms with Crippen molar-refractivity contribution in [3.05, 3.63) is 66.7 Å². The lowest BCUT2D eigenvalue weighted by Gasteiger charge is -2.09. The second-order valence-corrected chi connectivity index (χ2v) is 5.49. The van der Waals surface area contributed by atoms with Crippen LogP contribution in [0.5, 0.6) is 0 Å². The van der Waals surface area contributed by atoms with E-state index in [1.54, 1.807) is 30.7 Å². The molecule has 4 rings (SSSR count). The maximum atomic E-state index is 12.1. The minimum absolute atomic E-state index is 0.378. The van der Waals surface area contributed by atoms with E-state index >= 15 is 0 Å². The van der Waals surface area contributed by atoms with E-state index in [1.807, 2.05) is 30.5 Å². The van der Waals surface area contributed by atoms with Crippen LogP contribution in [0.1, 0.15) is 10.4 Å². The molecule has 25 heavy (non-hydrogen) atoms. The Bertz CT molecular complexity index is 1040. The number of aromatic amines is 1. The lowest BCUT2D eigenvalue weighted by atomic mass is 10.0. The number of benzene rings is 1. The van der Waals surface area contributed by atoms with Gasteiger partial charge in [-0.3, -0.25) is 20.3 Å². The highest BCUT2D eigenvalue weighted by Gasteiger charge is 2.13. The number of hydrogen-bond donors (Lipinski definition) is 3. The first kappa shape index (κ1) is 15.0. The highest BCUT2D eigenvalue weighted by molar-refractivity contribution is 6.06. The zero-order valence-corrected chi connectivity index (χ0v) is 13.1. The summed E-state index contributed by atoms with van der Waals surface area (Å²) in [5.41, 5.74) is 6.94. The lowest BCUT2D eigenvalue weighted by Crippen LogP contribution is -2.30. The fraction of sp³-hybridized carbons (Fsp3) is 0. The maximum Gasteiger partial charge on any atom is 0.265 e. The molecule has 122 valence electrons. The Hall–Kier alpha value is -3.58. The predicted octanol–water partition coefficient (Wildman–Crippen LogP) is 2.29. The normalized spacial score (nSPS) is 10.8. The van der Waals surface area contributed by atoms with Crippen molar-refractivity contribution in [1.82, 2.24) is 25.6 Å². The summed E-state index contributed by atoms with van der Waals surface area (Å²) in [4.78, 5) is 20.8. The summed E-state index contributed by atoms with van der Waals surface area (Å²) in [7, 11) is 0. The zero-order chi connectivity index (χ0) is 17.2. The molecule has 0 bridgehead atoms. The van der Waals surface area contributed by atoms with Gasteiger partial charge in [-0.15, -0.1) is 0 Å². The van der Waals surface area contributed by atoms with Crippen LogP contribution in [0.3, 0.4) is 0 Å². The monoisotopic (exact) mass is 330 g/mol. The average molecular weight is 330 g/mol. The molecule has 3 heterocycles. The van der Waals surface area contributed by atoms with Gasteiger partial charge in [0.15, 0.2) is 0 Å². The SMILES string of the molecule is NNC(=O)c1cc(-c2ccc(-c3cn[nH]c3)cc2)nc2ccncc12. The summed E-state index contributed by atoms with van der Waals surface area (Å²) < 4.78 is 0. The molecule has 0 aliphatic carbocycles. The van der Waals surface area contributed by atoms with E-state index in [0.717, 1.165) is 16.7 Å². The standard InChI is InChI=1S/C18H14N6O/c19-24-18(25)14-7-17(23-16-5-6-20-10-15(14)16)12-3-1-11(2-4-12)13-8-21-22-9-13/h1-10H,19H2,(H,21,22)(H,24,25). The topological polar surface area (TPSA) is 110 Å². The van der Waals surface area contributed by atoms with Crippen LogP contribution < -0.4 is 11.3 Å². The van der Waals surface area contributed by atoms with Gasteiger partial charge in [0.2, 0.25) is 0 Å². The Balaban J connectivity index is 1.82. The summed E-state index contributed by atoms with van der Waals surface area (Å²) in [6.07, 6.45) is 6.85. The first-order valence-electron chi connectivity index (χ1n) is 7.61. The molecule has 0 unspecified atom stereocenters. The van der Waals surface area contributed by atoms with Crippen molar-refractivity contribution in [2.45, 2.75) is 0 Å². The van der Waals surface area contributed by atoms with Crippen LogP contribution in [-0.2, 0) is 0 Å². The third-order valence-corrected chi connectivity index (χ3v) is 4.00. The number of nitrogens with zero attached hydrogens (tertiary/aromatic N) is 3. The second-order valence-electron chi connectivity index (χ2n) is 5.49. The molecular weight excluding hydrogens is 316 g/mol. The van der Waals surface area contributed by atoms with Gasteiger partial charge in [0.25, 0.3) is 5.91 Å². The highest BCUT2D eigenvalue weighted by Crippen LogP contribution is 2.26. The number of amides is 1. The Morgan fingerprint density at radius 3 is 2.56 bits per heavy atom. The van der Waals surface area contributed by atoms with Gasteiger partial charge < -0.3 is 0 Å². The maximum absolute atomic E-state index is 12.1. The second kappa shape index (κ2) is 6.14. The van der Waals surface area contributed by atoms with Gasteiger partial charge in [0, 0.05) is 35.1 Å². The number of fused-ring (bicyclic) bond motifs is 1. The van der Waals surface area contributed by atoms with Crippen LogP contribution in [0.2, 0.25) is 0 Å². The third-order valence-electron chi connectivity index (χ3n) is 4.00. The first-order valence-corrected chi connectivity index (χ1v) is 7.61. The first-order chi connectivity index (χ1) is 12.3. The van der Waals surface area contributed by atoms with Crippen molar-refractivity contribution in [1.29, 1.82) is 0 Å². The lowest BCUT2D eigenvalue weighted by molar-refractivity contribution is 0.0955. The minimum Gasteiger partial charge on any atom is -0.290 e. The van der Waals surface area contributed by atoms with E-state index in [9.17, 15) is 4.79 Å². The molecule has 4 N–H and O–H groups in total. The molecule has 1 aromatic carbocycles. The van der Waals surface area contributed by atoms with Crippen LogP contribution in [0.15, 0.2) is 61.2 Å². The summed E-state index contributed by atoms with van der Waals surface area (Å²) in [6, 6.07) is 11.4. The number of rotatable bonds is 3. The van der Waals surface area contributed by atoms with Crippen molar-refractivity contribution in [2.24, 2.45) is 5.84 Å². The molecule has 0 aliphatic heterocycles. The van der Waals surface area contributed by atoms with E-state index in [-0.39, 0.29) is 5.91 Å². The summed E-state index contributed by atoms with van der Waals surface area (Å²) >= 11 is 0. The molecule has 0 fully saturated rings. The Morgan fingerprint density at radius 2 is 1.84 bits per heavy atom. The molecule has 0 saturated carbocycles. The number of carbonyl (C=O) groups is 1. The van der Waals surface area contributed by atoms with Gasteiger partial charge in [-0.25, -0.2) is 10.8 Å². The van der Waals surface area contributed by atoms with Gasteiger partial charge in [0.1, 0.15) is 0 Å². The zero-order valence-electron chi connectivity index (χ0n) is 13.1. The van der Waals surface area contributed by atoms with Crippen LogP contribution in [0.25, 0.3) is 33.3 Å². The smallest absolute Gasteiger partial charge is 0.265 e. The number of hydrazine groups is 1. The molecule has 7 heteroatoms. The highest BCUT2D eigenvalue weighted by atomic mass is 16.2. The number of H-pyrrole nitrogens is 1. The van der Waals surface area contributed by atoms with E-state index in [4.69, 9.17) is 5.84 Å².